The molecule has 0 unspecified atom stereocenters. The van der Waals surface area contributed by atoms with E-state index in [1.54, 1.807) is 18.2 Å². The van der Waals surface area contributed by atoms with Crippen LogP contribution in [0.1, 0.15) is 104 Å². The Morgan fingerprint density at radius 3 is 1.09 bits per heavy atom. The first kappa shape index (κ1) is 68.4. The van der Waals surface area contributed by atoms with E-state index in [4.69, 9.17) is 24.2 Å². The Balaban J connectivity index is 0.000000130. The van der Waals surface area contributed by atoms with E-state index in [0.29, 0.717) is 61.1 Å². The SMILES string of the molecule is CS(=O)(=O)OCCc1ccc(Nc2ncc3c(n2)-c2ccccc2[C@H](c2ccccc2F)C3)cc1.Fc1ccccc1[C@@H]1Cc2cnc(Nc3ccc(CCN4CCCCC4)cc3)nc2-c2ccccc21.OCCc1ccc(Nc2ncc3c(n2)-c2ccccc2[C@H](c2ccccc2F)C3)cc1. The van der Waals surface area contributed by atoms with Gasteiger partial charge in [0.25, 0.3) is 10.1 Å². The molecule has 0 saturated carbocycles. The zero-order valence-electron chi connectivity index (χ0n) is 56.5. The number of aliphatic hydroxyl groups excluding tert-OH is 1. The molecule has 12 aromatic rings. The highest BCUT2D eigenvalue weighted by Gasteiger charge is 2.32. The molecule has 16 rings (SSSR count). The lowest BCUT2D eigenvalue weighted by molar-refractivity contribution is 0.231. The maximum atomic E-state index is 14.7. The van der Waals surface area contributed by atoms with Crippen molar-refractivity contribution in [3.8, 4) is 33.8 Å². The maximum Gasteiger partial charge on any atom is 0.264 e. The number of fused-ring (bicyclic) bond motifs is 9. The fourth-order valence-corrected chi connectivity index (χ4v) is 14.6. The summed E-state index contributed by atoms with van der Waals surface area (Å²) in [5.74, 6) is 0.802. The van der Waals surface area contributed by atoms with E-state index in [-0.39, 0.29) is 48.4 Å². The third-order valence-corrected chi connectivity index (χ3v) is 20.0. The van der Waals surface area contributed by atoms with E-state index >= 15 is 0 Å². The molecule has 1 aliphatic heterocycles. The molecular weight excluding hydrogens is 1300 g/mol. The summed E-state index contributed by atoms with van der Waals surface area (Å²) in [5, 5.41) is 18.9. The lowest BCUT2D eigenvalue weighted by Crippen LogP contribution is -2.31. The molecule has 4 N–H and O–H groups in total. The van der Waals surface area contributed by atoms with Crippen molar-refractivity contribution < 1.29 is 30.9 Å². The van der Waals surface area contributed by atoms with Gasteiger partial charge in [0, 0.05) is 83.2 Å². The number of aromatic nitrogens is 6. The van der Waals surface area contributed by atoms with Gasteiger partial charge in [-0.15, -0.1) is 0 Å². The van der Waals surface area contributed by atoms with Gasteiger partial charge in [-0.05, 0) is 186 Å². The van der Waals surface area contributed by atoms with Crippen LogP contribution in [0, 0.1) is 17.5 Å². The summed E-state index contributed by atoms with van der Waals surface area (Å²) >= 11 is 0. The average Bonchev–Trinajstić information content (AvgIpc) is 0.770. The summed E-state index contributed by atoms with van der Waals surface area (Å²) in [7, 11) is -3.44. The zero-order chi connectivity index (χ0) is 69.9. The largest absolute Gasteiger partial charge is 0.396 e. The first-order valence-corrected chi connectivity index (χ1v) is 36.5. The topological polar surface area (TPSA) is 180 Å². The van der Waals surface area contributed by atoms with Crippen LogP contribution in [0.5, 0.6) is 0 Å². The van der Waals surface area contributed by atoms with E-state index in [0.717, 1.165) is 120 Å². The highest BCUT2D eigenvalue weighted by Crippen LogP contribution is 2.46. The van der Waals surface area contributed by atoms with Gasteiger partial charge < -0.3 is 26.0 Å². The van der Waals surface area contributed by atoms with Crippen LogP contribution in [0.4, 0.5) is 48.1 Å². The van der Waals surface area contributed by atoms with Crippen molar-refractivity contribution in [3.05, 3.63) is 321 Å². The molecule has 0 spiro atoms. The van der Waals surface area contributed by atoms with Gasteiger partial charge in [0.2, 0.25) is 17.8 Å². The van der Waals surface area contributed by atoms with Gasteiger partial charge in [0.05, 0.1) is 29.9 Å². The van der Waals surface area contributed by atoms with Gasteiger partial charge in [-0.1, -0.05) is 170 Å². The second kappa shape index (κ2) is 31.4. The Labute approximate surface area is 593 Å². The van der Waals surface area contributed by atoms with Gasteiger partial charge in [-0.25, -0.2) is 43.1 Å². The summed E-state index contributed by atoms with van der Waals surface area (Å²) in [6.07, 6.45) is 14.8. The summed E-state index contributed by atoms with van der Waals surface area (Å²) in [5.41, 5.74) is 20.1. The summed E-state index contributed by atoms with van der Waals surface area (Å²) in [6, 6.07) is 69.3. The molecule has 0 bridgehead atoms. The first-order valence-electron chi connectivity index (χ1n) is 34.7. The molecule has 3 atom stereocenters. The molecule has 0 radical (unpaired) electrons. The fourth-order valence-electron chi connectivity index (χ4n) is 14.3. The maximum absolute atomic E-state index is 14.7. The quantitative estimate of drug-likeness (QED) is 0.0596. The molecule has 0 amide bonds. The van der Waals surface area contributed by atoms with Crippen LogP contribution >= 0.6 is 0 Å². The molecule has 102 heavy (non-hydrogen) atoms. The average molecular weight is 1380 g/mol. The highest BCUT2D eigenvalue weighted by atomic mass is 32.2. The van der Waals surface area contributed by atoms with Crippen LogP contribution in [0.15, 0.2) is 237 Å². The molecular formula is C84H77F3N10O4S. The predicted molar refractivity (Wildman–Crippen MR) is 397 cm³/mol. The van der Waals surface area contributed by atoms with Crippen LogP contribution in [0.2, 0.25) is 0 Å². The molecule has 1 fully saturated rings. The van der Waals surface area contributed by atoms with Gasteiger partial charge in [-0.3, -0.25) is 4.18 Å². The van der Waals surface area contributed by atoms with Crippen LogP contribution in [0.3, 0.4) is 0 Å². The minimum absolute atomic E-state index is 0.0465. The second-order valence-electron chi connectivity index (χ2n) is 26.2. The van der Waals surface area contributed by atoms with Crippen molar-refractivity contribution in [3.63, 3.8) is 0 Å². The number of aliphatic hydroxyl groups is 1. The van der Waals surface area contributed by atoms with Crippen molar-refractivity contribution in [2.24, 2.45) is 0 Å². The molecule has 9 aromatic carbocycles. The van der Waals surface area contributed by atoms with Gasteiger partial charge in [0.15, 0.2) is 0 Å². The van der Waals surface area contributed by atoms with Crippen LogP contribution < -0.4 is 16.0 Å². The predicted octanol–water partition coefficient (Wildman–Crippen LogP) is 17.2. The second-order valence-corrected chi connectivity index (χ2v) is 27.8. The van der Waals surface area contributed by atoms with Crippen molar-refractivity contribution >= 4 is 45.0 Å². The summed E-state index contributed by atoms with van der Waals surface area (Å²) < 4.78 is 70.9. The highest BCUT2D eigenvalue weighted by molar-refractivity contribution is 7.86. The summed E-state index contributed by atoms with van der Waals surface area (Å²) in [4.78, 5) is 30.7. The van der Waals surface area contributed by atoms with Crippen LogP contribution in [0.25, 0.3) is 33.8 Å². The fraction of sp³-hybridized carbons (Fsp3) is 0.214. The number of nitrogens with zero attached hydrogens (tertiary/aromatic N) is 7. The van der Waals surface area contributed by atoms with Crippen LogP contribution in [-0.2, 0) is 52.8 Å². The molecule has 4 heterocycles. The van der Waals surface area contributed by atoms with Crippen molar-refractivity contribution in [1.82, 2.24) is 34.8 Å². The van der Waals surface area contributed by atoms with E-state index < -0.39 is 10.1 Å². The Kier molecular flexibility index (Phi) is 21.1. The number of anilines is 6. The molecule has 1 saturated heterocycles. The molecule has 18 heteroatoms. The van der Waals surface area contributed by atoms with Crippen LogP contribution in [-0.4, -0.2) is 87.4 Å². The Hall–Kier alpha value is -10.8. The third-order valence-electron chi connectivity index (χ3n) is 19.4. The standard InChI is InChI=1S/C31H31FN4.C27H24FN3O3S.C26H22FN3O/c32-29-11-5-4-9-26(29)28-20-23-21-33-31(35-30(23)27-10-3-2-8-25(27)28)34-24-14-12-22(13-15-24)16-19-36-17-6-1-7-18-36;1-35(32,33)34-15-14-18-10-12-20(13-11-18)30-27-29-17-19-16-24(22-7-4-5-9-25(22)28)21-6-2-3-8-23(21)26(19)31-27;27-24-8-4-3-6-21(24)23-15-18-16-28-26(29-19-11-9-17(10-12-19)13-14-31)30-25(18)22-7-2-1-5-20(22)23/h2-5,8-15,21,28H,1,6-7,16-20H2,(H,33,34,35);2-13,17,24H,14-16H2,1H3,(H,29,30,31);1-12,16,23,31H,13-15H2,(H,28,29,30)/t28-;24-;23-/m111/s1. The number of halogens is 3. The van der Waals surface area contributed by atoms with Gasteiger partial charge >= 0.3 is 0 Å². The normalized spacial score (nSPS) is 15.6. The number of hydrogen-bond donors (Lipinski definition) is 4. The smallest absolute Gasteiger partial charge is 0.264 e. The minimum atomic E-state index is -3.44. The Morgan fingerprint density at radius 1 is 0.422 bits per heavy atom. The van der Waals surface area contributed by atoms with E-state index in [2.05, 4.69) is 78.3 Å². The summed E-state index contributed by atoms with van der Waals surface area (Å²) in [6.45, 7) is 3.84. The zero-order valence-corrected chi connectivity index (χ0v) is 57.3. The Bertz CT molecular complexity index is 5040. The van der Waals surface area contributed by atoms with Crippen molar-refractivity contribution in [1.29, 1.82) is 0 Å². The molecule has 4 aliphatic rings. The number of rotatable bonds is 18. The van der Waals surface area contributed by atoms with Gasteiger partial charge in [0.1, 0.15) is 17.5 Å². The minimum Gasteiger partial charge on any atom is -0.396 e. The monoisotopic (exact) mass is 1380 g/mol. The Morgan fingerprint density at radius 2 is 0.745 bits per heavy atom. The molecule has 14 nitrogen and oxygen atoms in total. The number of nitrogens with one attached hydrogen (secondary N) is 3. The van der Waals surface area contributed by atoms with E-state index in [1.165, 1.54) is 56.1 Å². The lowest BCUT2D eigenvalue weighted by Gasteiger charge is -2.27. The number of piperidine rings is 1. The lowest BCUT2D eigenvalue weighted by atomic mass is 9.78. The first-order chi connectivity index (χ1) is 49.8. The molecule has 514 valence electrons. The number of benzene rings is 9. The molecule has 3 aromatic heterocycles. The van der Waals surface area contributed by atoms with Gasteiger partial charge in [-0.2, -0.15) is 8.42 Å². The number of likely N-dealkylation sites (tertiary alicyclic amines) is 1. The van der Waals surface area contributed by atoms with Crippen molar-refractivity contribution in [2.75, 3.05) is 55.1 Å². The van der Waals surface area contributed by atoms with E-state index in [9.17, 15) is 21.6 Å². The van der Waals surface area contributed by atoms with E-state index in [1.807, 2.05) is 158 Å². The van der Waals surface area contributed by atoms with Crippen molar-refractivity contribution in [2.45, 2.75) is 75.5 Å². The molecule has 3 aliphatic carbocycles. The third kappa shape index (κ3) is 16.2. The number of hydrogen-bond acceptors (Lipinski definition) is 14.